The van der Waals surface area contributed by atoms with Crippen molar-refractivity contribution in [3.05, 3.63) is 28.8 Å². The summed E-state index contributed by atoms with van der Waals surface area (Å²) in [7, 11) is 2.07. The quantitative estimate of drug-likeness (QED) is 0.759. The molecule has 0 aliphatic heterocycles. The normalized spacial score (nSPS) is 16.7. The van der Waals surface area contributed by atoms with Crippen LogP contribution in [0.15, 0.2) is 18.2 Å². The van der Waals surface area contributed by atoms with Gasteiger partial charge in [0.2, 0.25) is 0 Å². The molecule has 1 aromatic carbocycles. The fourth-order valence-electron chi connectivity index (χ4n) is 2.13. The maximum absolute atomic E-state index is 11.3. The maximum Gasteiger partial charge on any atom is 0.159 e. The van der Waals surface area contributed by atoms with E-state index in [0.717, 1.165) is 11.6 Å². The minimum absolute atomic E-state index is 0.0522. The van der Waals surface area contributed by atoms with Crippen LogP contribution in [0.3, 0.4) is 0 Å². The van der Waals surface area contributed by atoms with E-state index in [1.165, 1.54) is 12.8 Å². The van der Waals surface area contributed by atoms with Crippen molar-refractivity contribution >= 4 is 23.1 Å². The second-order valence-electron chi connectivity index (χ2n) is 4.91. The van der Waals surface area contributed by atoms with Crippen LogP contribution in [0.5, 0.6) is 0 Å². The summed E-state index contributed by atoms with van der Waals surface area (Å²) in [5.74, 6) is 0.847. The molecule has 0 spiro atoms. The zero-order valence-electron chi connectivity index (χ0n) is 10.5. The first-order valence-electron chi connectivity index (χ1n) is 6.04. The average molecular weight is 252 g/mol. The average Bonchev–Trinajstić information content (AvgIpc) is 3.10. The predicted octanol–water partition coefficient (Wildman–Crippen LogP) is 3.78. The van der Waals surface area contributed by atoms with E-state index < -0.39 is 0 Å². The molecule has 0 radical (unpaired) electrons. The van der Waals surface area contributed by atoms with Crippen LogP contribution >= 0.6 is 11.6 Å². The SMILES string of the molecule is CC(=O)c1ccc(N(C)C(C)C2CC2)c(Cl)c1. The first-order chi connectivity index (χ1) is 8.00. The van der Waals surface area contributed by atoms with Crippen molar-refractivity contribution in [3.8, 4) is 0 Å². The first kappa shape index (κ1) is 12.4. The number of halogens is 1. The lowest BCUT2D eigenvalue weighted by molar-refractivity contribution is 0.101. The highest BCUT2D eigenvalue weighted by Crippen LogP contribution is 2.38. The molecule has 0 amide bonds. The lowest BCUT2D eigenvalue weighted by atomic mass is 10.1. The second-order valence-corrected chi connectivity index (χ2v) is 5.32. The van der Waals surface area contributed by atoms with E-state index in [9.17, 15) is 4.79 Å². The van der Waals surface area contributed by atoms with E-state index in [4.69, 9.17) is 11.6 Å². The molecular formula is C14H18ClNO. The molecule has 3 heteroatoms. The molecule has 17 heavy (non-hydrogen) atoms. The fourth-order valence-corrected chi connectivity index (χ4v) is 2.44. The highest BCUT2D eigenvalue weighted by molar-refractivity contribution is 6.33. The Morgan fingerprint density at radius 1 is 1.47 bits per heavy atom. The number of benzene rings is 1. The van der Waals surface area contributed by atoms with Crippen molar-refractivity contribution in [1.29, 1.82) is 0 Å². The van der Waals surface area contributed by atoms with E-state index in [-0.39, 0.29) is 5.78 Å². The molecular weight excluding hydrogens is 234 g/mol. The highest BCUT2D eigenvalue weighted by Gasteiger charge is 2.31. The van der Waals surface area contributed by atoms with Gasteiger partial charge < -0.3 is 4.90 Å². The predicted molar refractivity (Wildman–Crippen MR) is 72.0 cm³/mol. The third-order valence-corrected chi connectivity index (χ3v) is 3.95. The van der Waals surface area contributed by atoms with Crippen molar-refractivity contribution in [2.45, 2.75) is 32.7 Å². The third-order valence-electron chi connectivity index (χ3n) is 3.65. The molecule has 1 aromatic rings. The van der Waals surface area contributed by atoms with Gasteiger partial charge in [0.25, 0.3) is 0 Å². The van der Waals surface area contributed by atoms with Gasteiger partial charge in [0.1, 0.15) is 0 Å². The van der Waals surface area contributed by atoms with Gasteiger partial charge in [-0.05, 0) is 50.8 Å². The highest BCUT2D eigenvalue weighted by atomic mass is 35.5. The molecule has 2 rings (SSSR count). The number of Topliss-reactive ketones (excluding diaryl/α,β-unsaturated/α-hetero) is 1. The van der Waals surface area contributed by atoms with Gasteiger partial charge in [-0.1, -0.05) is 11.6 Å². The van der Waals surface area contributed by atoms with Gasteiger partial charge in [-0.25, -0.2) is 0 Å². The zero-order valence-corrected chi connectivity index (χ0v) is 11.3. The Kier molecular flexibility index (Phi) is 3.43. The van der Waals surface area contributed by atoms with Crippen molar-refractivity contribution in [2.24, 2.45) is 5.92 Å². The summed E-state index contributed by atoms with van der Waals surface area (Å²) in [6.45, 7) is 3.79. The largest absolute Gasteiger partial charge is 0.370 e. The molecule has 0 saturated heterocycles. The summed E-state index contributed by atoms with van der Waals surface area (Å²) in [6, 6.07) is 6.06. The van der Waals surface area contributed by atoms with E-state index >= 15 is 0 Å². The number of ketones is 1. The van der Waals surface area contributed by atoms with Crippen molar-refractivity contribution in [3.63, 3.8) is 0 Å². The summed E-state index contributed by atoms with van der Waals surface area (Å²) < 4.78 is 0. The maximum atomic E-state index is 11.3. The Balaban J connectivity index is 2.23. The summed E-state index contributed by atoms with van der Waals surface area (Å²) in [5.41, 5.74) is 1.68. The molecule has 0 heterocycles. The molecule has 0 aromatic heterocycles. The fraction of sp³-hybridized carbons (Fsp3) is 0.500. The topological polar surface area (TPSA) is 20.3 Å². The lowest BCUT2D eigenvalue weighted by Gasteiger charge is -2.28. The van der Waals surface area contributed by atoms with Crippen LogP contribution in [0.4, 0.5) is 5.69 Å². The number of carbonyl (C=O) groups excluding carboxylic acids is 1. The van der Waals surface area contributed by atoms with Crippen molar-refractivity contribution in [1.82, 2.24) is 0 Å². The van der Waals surface area contributed by atoms with Crippen LogP contribution in [0, 0.1) is 5.92 Å². The zero-order chi connectivity index (χ0) is 12.6. The number of rotatable bonds is 4. The lowest BCUT2D eigenvalue weighted by Crippen LogP contribution is -2.30. The van der Waals surface area contributed by atoms with Gasteiger partial charge in [0.05, 0.1) is 10.7 Å². The minimum atomic E-state index is 0.0522. The van der Waals surface area contributed by atoms with Crippen LogP contribution < -0.4 is 4.90 Å². The van der Waals surface area contributed by atoms with Gasteiger partial charge in [-0.15, -0.1) is 0 Å². The molecule has 0 N–H and O–H groups in total. The van der Waals surface area contributed by atoms with Gasteiger partial charge >= 0.3 is 0 Å². The van der Waals surface area contributed by atoms with Crippen LogP contribution in [0.1, 0.15) is 37.0 Å². The molecule has 1 saturated carbocycles. The number of anilines is 1. The van der Waals surface area contributed by atoms with Gasteiger partial charge in [-0.3, -0.25) is 4.79 Å². The van der Waals surface area contributed by atoms with Crippen LogP contribution in [0.25, 0.3) is 0 Å². The molecule has 1 fully saturated rings. The summed E-state index contributed by atoms with van der Waals surface area (Å²) in [4.78, 5) is 13.5. The van der Waals surface area contributed by atoms with Crippen LogP contribution in [-0.2, 0) is 0 Å². The molecule has 92 valence electrons. The Morgan fingerprint density at radius 3 is 2.59 bits per heavy atom. The second kappa shape index (κ2) is 4.69. The van der Waals surface area contributed by atoms with E-state index in [2.05, 4.69) is 18.9 Å². The van der Waals surface area contributed by atoms with Crippen molar-refractivity contribution in [2.75, 3.05) is 11.9 Å². The van der Waals surface area contributed by atoms with E-state index in [1.807, 2.05) is 12.1 Å². The standard InChI is InChI=1S/C14H18ClNO/c1-9(11-4-5-11)16(3)14-7-6-12(10(2)17)8-13(14)15/h6-9,11H,4-5H2,1-3H3. The molecule has 0 bridgehead atoms. The van der Waals surface area contributed by atoms with Crippen LogP contribution in [-0.4, -0.2) is 18.9 Å². The summed E-state index contributed by atoms with van der Waals surface area (Å²) in [5, 5.41) is 0.660. The van der Waals surface area contributed by atoms with Gasteiger partial charge in [-0.2, -0.15) is 0 Å². The molecule has 2 nitrogen and oxygen atoms in total. The number of hydrogen-bond donors (Lipinski definition) is 0. The molecule has 1 atom stereocenters. The number of hydrogen-bond acceptors (Lipinski definition) is 2. The van der Waals surface area contributed by atoms with Crippen LogP contribution in [0.2, 0.25) is 5.02 Å². The summed E-state index contributed by atoms with van der Waals surface area (Å²) >= 11 is 6.24. The Morgan fingerprint density at radius 2 is 2.12 bits per heavy atom. The molecule has 1 unspecified atom stereocenters. The van der Waals surface area contributed by atoms with Gasteiger partial charge in [0.15, 0.2) is 5.78 Å². The summed E-state index contributed by atoms with van der Waals surface area (Å²) in [6.07, 6.45) is 2.63. The third kappa shape index (κ3) is 2.63. The Labute approximate surface area is 108 Å². The number of nitrogens with zero attached hydrogens (tertiary/aromatic N) is 1. The Bertz CT molecular complexity index is 440. The van der Waals surface area contributed by atoms with Crippen molar-refractivity contribution < 1.29 is 4.79 Å². The first-order valence-corrected chi connectivity index (χ1v) is 6.42. The van der Waals surface area contributed by atoms with E-state index in [0.29, 0.717) is 16.6 Å². The van der Waals surface area contributed by atoms with Gasteiger partial charge in [0, 0.05) is 18.7 Å². The van der Waals surface area contributed by atoms with E-state index in [1.54, 1.807) is 13.0 Å². The molecule has 1 aliphatic rings. The number of carbonyl (C=O) groups is 1. The smallest absolute Gasteiger partial charge is 0.159 e. The Hall–Kier alpha value is -1.02. The minimum Gasteiger partial charge on any atom is -0.370 e. The molecule has 1 aliphatic carbocycles. The monoisotopic (exact) mass is 251 g/mol.